The van der Waals surface area contributed by atoms with Crippen molar-refractivity contribution in [1.82, 2.24) is 5.32 Å². The van der Waals surface area contributed by atoms with Gasteiger partial charge in [-0.15, -0.1) is 0 Å². The first-order chi connectivity index (χ1) is 8.04. The van der Waals surface area contributed by atoms with Crippen LogP contribution in [-0.2, 0) is 4.79 Å². The molecule has 0 aromatic rings. The molecule has 17 heavy (non-hydrogen) atoms. The number of aliphatic carboxylic acids is 1. The van der Waals surface area contributed by atoms with Crippen molar-refractivity contribution < 1.29 is 9.90 Å². The molecule has 0 aromatic heterocycles. The van der Waals surface area contributed by atoms with E-state index >= 15 is 0 Å². The maximum Gasteiger partial charge on any atom is 0.323 e. The summed E-state index contributed by atoms with van der Waals surface area (Å²) in [5.74, 6) is 0.0227. The van der Waals surface area contributed by atoms with Gasteiger partial charge in [0, 0.05) is 6.04 Å². The minimum Gasteiger partial charge on any atom is -0.480 e. The molecule has 1 aliphatic rings. The summed E-state index contributed by atoms with van der Waals surface area (Å²) in [7, 11) is 0. The quantitative estimate of drug-likeness (QED) is 0.751. The van der Waals surface area contributed by atoms with Crippen LogP contribution < -0.4 is 5.32 Å². The SMILES string of the molecule is CCCC(CC)NC1(C(=O)O)CCC(C)CC1. The first-order valence-electron chi connectivity index (χ1n) is 7.05. The second-order valence-electron chi connectivity index (χ2n) is 5.61. The van der Waals surface area contributed by atoms with Gasteiger partial charge < -0.3 is 5.11 Å². The molecule has 0 radical (unpaired) electrons. The summed E-state index contributed by atoms with van der Waals surface area (Å²) >= 11 is 0. The van der Waals surface area contributed by atoms with Gasteiger partial charge in [0.25, 0.3) is 0 Å². The molecule has 3 heteroatoms. The van der Waals surface area contributed by atoms with Crippen molar-refractivity contribution in [2.75, 3.05) is 0 Å². The van der Waals surface area contributed by atoms with Crippen molar-refractivity contribution in [3.8, 4) is 0 Å². The van der Waals surface area contributed by atoms with Crippen LogP contribution in [0.2, 0.25) is 0 Å². The highest BCUT2D eigenvalue weighted by Crippen LogP contribution is 2.33. The van der Waals surface area contributed by atoms with E-state index < -0.39 is 11.5 Å². The summed E-state index contributed by atoms with van der Waals surface area (Å²) in [5.41, 5.74) is -0.650. The summed E-state index contributed by atoms with van der Waals surface area (Å²) in [4.78, 5) is 11.6. The third kappa shape index (κ3) is 3.70. The molecule has 0 amide bonds. The molecule has 100 valence electrons. The lowest BCUT2D eigenvalue weighted by Gasteiger charge is -2.39. The summed E-state index contributed by atoms with van der Waals surface area (Å²) in [6.07, 6.45) is 6.81. The van der Waals surface area contributed by atoms with E-state index in [2.05, 4.69) is 26.1 Å². The normalized spacial score (nSPS) is 31.1. The van der Waals surface area contributed by atoms with Crippen molar-refractivity contribution in [2.45, 2.75) is 77.3 Å². The fraction of sp³-hybridized carbons (Fsp3) is 0.929. The summed E-state index contributed by atoms with van der Waals surface area (Å²) in [5, 5.41) is 13.0. The first-order valence-corrected chi connectivity index (χ1v) is 7.05. The molecule has 0 saturated heterocycles. The molecule has 2 N–H and O–H groups in total. The Balaban J connectivity index is 2.68. The van der Waals surface area contributed by atoms with Crippen LogP contribution in [-0.4, -0.2) is 22.7 Å². The fourth-order valence-corrected chi connectivity index (χ4v) is 2.79. The average molecular weight is 241 g/mol. The predicted molar refractivity (Wildman–Crippen MR) is 70.1 cm³/mol. The molecule has 1 fully saturated rings. The van der Waals surface area contributed by atoms with E-state index in [1.54, 1.807) is 0 Å². The van der Waals surface area contributed by atoms with Crippen LogP contribution in [0.4, 0.5) is 0 Å². The van der Waals surface area contributed by atoms with Crippen molar-refractivity contribution in [1.29, 1.82) is 0 Å². The van der Waals surface area contributed by atoms with Crippen molar-refractivity contribution >= 4 is 5.97 Å². The second-order valence-corrected chi connectivity index (χ2v) is 5.61. The van der Waals surface area contributed by atoms with Crippen molar-refractivity contribution in [3.63, 3.8) is 0 Å². The highest BCUT2D eigenvalue weighted by molar-refractivity contribution is 5.79. The van der Waals surface area contributed by atoms with Crippen molar-refractivity contribution in [3.05, 3.63) is 0 Å². The number of carbonyl (C=O) groups is 1. The summed E-state index contributed by atoms with van der Waals surface area (Å²) in [6, 6.07) is 0.351. The van der Waals surface area contributed by atoms with Gasteiger partial charge in [0.1, 0.15) is 5.54 Å². The topological polar surface area (TPSA) is 49.3 Å². The van der Waals surface area contributed by atoms with Crippen LogP contribution in [0.5, 0.6) is 0 Å². The molecule has 0 bridgehead atoms. The van der Waals surface area contributed by atoms with Gasteiger partial charge in [-0.2, -0.15) is 0 Å². The lowest BCUT2D eigenvalue weighted by atomic mass is 9.76. The molecular weight excluding hydrogens is 214 g/mol. The standard InChI is InChI=1S/C14H27NO2/c1-4-6-12(5-2)15-14(13(16)17)9-7-11(3)8-10-14/h11-12,15H,4-10H2,1-3H3,(H,16,17). The number of carboxylic acid groups (broad SMARTS) is 1. The zero-order chi connectivity index (χ0) is 12.9. The van der Waals surface area contributed by atoms with E-state index in [1.807, 2.05) is 0 Å². The van der Waals surface area contributed by atoms with E-state index in [9.17, 15) is 9.90 Å². The fourth-order valence-electron chi connectivity index (χ4n) is 2.79. The zero-order valence-electron chi connectivity index (χ0n) is 11.5. The molecule has 0 aliphatic heterocycles. The number of hydrogen-bond acceptors (Lipinski definition) is 2. The maximum atomic E-state index is 11.6. The Morgan fingerprint density at radius 1 is 1.41 bits per heavy atom. The van der Waals surface area contributed by atoms with Gasteiger partial charge in [0.15, 0.2) is 0 Å². The lowest BCUT2D eigenvalue weighted by Crippen LogP contribution is -2.57. The number of carboxylic acids is 1. The van der Waals surface area contributed by atoms with Crippen LogP contribution >= 0.6 is 0 Å². The minimum atomic E-state index is -0.654. The second kappa shape index (κ2) is 6.39. The molecule has 1 unspecified atom stereocenters. The van der Waals surface area contributed by atoms with Crippen LogP contribution in [0.3, 0.4) is 0 Å². The minimum absolute atomic E-state index is 0.351. The van der Waals surface area contributed by atoms with Crippen LogP contribution in [0, 0.1) is 5.92 Å². The van der Waals surface area contributed by atoms with Gasteiger partial charge in [-0.1, -0.05) is 27.2 Å². The maximum absolute atomic E-state index is 11.6. The smallest absolute Gasteiger partial charge is 0.323 e. The Morgan fingerprint density at radius 2 is 2.00 bits per heavy atom. The van der Waals surface area contributed by atoms with Gasteiger partial charge >= 0.3 is 5.97 Å². The Hall–Kier alpha value is -0.570. The van der Waals surface area contributed by atoms with E-state index in [0.717, 1.165) is 44.9 Å². The third-order valence-electron chi connectivity index (χ3n) is 4.15. The summed E-state index contributed by atoms with van der Waals surface area (Å²) < 4.78 is 0. The number of hydrogen-bond donors (Lipinski definition) is 2. The van der Waals surface area contributed by atoms with Gasteiger partial charge in [0.2, 0.25) is 0 Å². The lowest BCUT2D eigenvalue weighted by molar-refractivity contribution is -0.147. The molecule has 1 aliphatic carbocycles. The van der Waals surface area contributed by atoms with Gasteiger partial charge in [0.05, 0.1) is 0 Å². The number of rotatable bonds is 6. The molecule has 1 atom stereocenters. The summed E-state index contributed by atoms with van der Waals surface area (Å²) in [6.45, 7) is 6.50. The molecule has 0 aromatic carbocycles. The van der Waals surface area contributed by atoms with Gasteiger partial charge in [-0.25, -0.2) is 0 Å². The largest absolute Gasteiger partial charge is 0.480 e. The zero-order valence-corrected chi connectivity index (χ0v) is 11.5. The van der Waals surface area contributed by atoms with E-state index in [-0.39, 0.29) is 0 Å². The number of nitrogens with one attached hydrogen (secondary N) is 1. The highest BCUT2D eigenvalue weighted by Gasteiger charge is 2.41. The molecule has 1 saturated carbocycles. The van der Waals surface area contributed by atoms with Gasteiger partial charge in [-0.3, -0.25) is 10.1 Å². The first kappa shape index (κ1) is 14.5. The van der Waals surface area contributed by atoms with E-state index in [0.29, 0.717) is 12.0 Å². The van der Waals surface area contributed by atoms with Gasteiger partial charge in [-0.05, 0) is 44.4 Å². The third-order valence-corrected chi connectivity index (χ3v) is 4.15. The Kier molecular flexibility index (Phi) is 5.44. The van der Waals surface area contributed by atoms with Crippen LogP contribution in [0.1, 0.15) is 65.7 Å². The molecule has 3 nitrogen and oxygen atoms in total. The average Bonchev–Trinajstić information content (AvgIpc) is 2.31. The van der Waals surface area contributed by atoms with Crippen LogP contribution in [0.25, 0.3) is 0 Å². The van der Waals surface area contributed by atoms with E-state index in [1.165, 1.54) is 0 Å². The molecule has 0 spiro atoms. The Morgan fingerprint density at radius 3 is 2.41 bits per heavy atom. The predicted octanol–water partition coefficient (Wildman–Crippen LogP) is 3.19. The molecular formula is C14H27NO2. The molecule has 0 heterocycles. The highest BCUT2D eigenvalue weighted by atomic mass is 16.4. The Labute approximate surface area is 105 Å². The monoisotopic (exact) mass is 241 g/mol. The van der Waals surface area contributed by atoms with E-state index in [4.69, 9.17) is 0 Å². The van der Waals surface area contributed by atoms with Crippen molar-refractivity contribution in [2.24, 2.45) is 5.92 Å². The molecule has 1 rings (SSSR count). The van der Waals surface area contributed by atoms with Crippen LogP contribution in [0.15, 0.2) is 0 Å². The Bertz CT molecular complexity index is 245.